The van der Waals surface area contributed by atoms with Crippen molar-refractivity contribution in [2.24, 2.45) is 0 Å². The number of halogens is 2. The normalized spacial score (nSPS) is 15.1. The van der Waals surface area contributed by atoms with Crippen LogP contribution in [0.2, 0.25) is 5.02 Å². The zero-order valence-corrected chi connectivity index (χ0v) is 22.4. The minimum atomic E-state index is -3.76. The topological polar surface area (TPSA) is 86.8 Å². The van der Waals surface area contributed by atoms with E-state index in [0.29, 0.717) is 15.2 Å². The zero-order valence-electron chi connectivity index (χ0n) is 19.2. The third kappa shape index (κ3) is 7.20. The molecule has 0 aromatic heterocycles. The van der Waals surface area contributed by atoms with Crippen LogP contribution in [0.25, 0.3) is 0 Å². The molecule has 0 unspecified atom stereocenters. The third-order valence-electron chi connectivity index (χ3n) is 5.89. The molecule has 1 fully saturated rings. The number of sulfonamides is 1. The number of nitrogens with one attached hydrogen (secondary N) is 1. The van der Waals surface area contributed by atoms with Crippen molar-refractivity contribution >= 4 is 55.1 Å². The molecule has 1 N–H and O–H groups in total. The van der Waals surface area contributed by atoms with E-state index < -0.39 is 28.5 Å². The second-order valence-corrected chi connectivity index (χ2v) is 11.8. The average molecular weight is 571 g/mol. The van der Waals surface area contributed by atoms with Crippen molar-refractivity contribution in [3.8, 4) is 0 Å². The van der Waals surface area contributed by atoms with Gasteiger partial charge in [0.05, 0.1) is 11.9 Å². The molecule has 1 aliphatic carbocycles. The van der Waals surface area contributed by atoms with Gasteiger partial charge in [0.25, 0.3) is 0 Å². The molecule has 2 aromatic carbocycles. The molecule has 0 spiro atoms. The van der Waals surface area contributed by atoms with Gasteiger partial charge in [-0.25, -0.2) is 8.42 Å². The summed E-state index contributed by atoms with van der Waals surface area (Å²) in [4.78, 5) is 28.0. The van der Waals surface area contributed by atoms with Crippen LogP contribution in [0.5, 0.6) is 0 Å². The van der Waals surface area contributed by atoms with Gasteiger partial charge in [-0.15, -0.1) is 0 Å². The molecule has 2 amide bonds. The highest BCUT2D eigenvalue weighted by Gasteiger charge is 2.31. The number of hydrogen-bond acceptors (Lipinski definition) is 4. The maximum absolute atomic E-state index is 13.5. The van der Waals surface area contributed by atoms with Crippen LogP contribution in [0.4, 0.5) is 5.69 Å². The fourth-order valence-corrected chi connectivity index (χ4v) is 5.49. The SMILES string of the molecule is C[C@H](C(=O)NC1CCCC1)N(Cc1cccc(Cl)c1)C(=O)CN(c1cccc(Br)c1)S(C)(=O)=O. The number of carbonyl (C=O) groups excluding carboxylic acids is 2. The predicted octanol–water partition coefficient (Wildman–Crippen LogP) is 4.34. The maximum atomic E-state index is 13.5. The summed E-state index contributed by atoms with van der Waals surface area (Å²) in [7, 11) is -3.76. The van der Waals surface area contributed by atoms with Crippen molar-refractivity contribution < 1.29 is 18.0 Å². The van der Waals surface area contributed by atoms with E-state index in [1.54, 1.807) is 49.4 Å². The van der Waals surface area contributed by atoms with E-state index >= 15 is 0 Å². The van der Waals surface area contributed by atoms with Gasteiger partial charge in [-0.05, 0) is 55.7 Å². The molecule has 1 saturated carbocycles. The van der Waals surface area contributed by atoms with Crippen molar-refractivity contribution in [1.82, 2.24) is 10.2 Å². The number of benzene rings is 2. The fraction of sp³-hybridized carbons (Fsp3) is 0.417. The molecule has 0 heterocycles. The first-order valence-corrected chi connectivity index (χ1v) is 14.1. The highest BCUT2D eigenvalue weighted by molar-refractivity contribution is 9.10. The molecule has 3 rings (SSSR count). The van der Waals surface area contributed by atoms with Gasteiger partial charge < -0.3 is 10.2 Å². The van der Waals surface area contributed by atoms with E-state index in [2.05, 4.69) is 21.2 Å². The van der Waals surface area contributed by atoms with Crippen molar-refractivity contribution in [1.29, 1.82) is 0 Å². The molecule has 2 aromatic rings. The lowest BCUT2D eigenvalue weighted by Crippen LogP contribution is -2.52. The second-order valence-electron chi connectivity index (χ2n) is 8.57. The van der Waals surface area contributed by atoms with Crippen LogP contribution in [0.15, 0.2) is 53.0 Å². The average Bonchev–Trinajstić information content (AvgIpc) is 3.27. The minimum Gasteiger partial charge on any atom is -0.352 e. The van der Waals surface area contributed by atoms with Crippen LogP contribution in [0.3, 0.4) is 0 Å². The van der Waals surface area contributed by atoms with Gasteiger partial charge in [0.2, 0.25) is 21.8 Å². The third-order valence-corrected chi connectivity index (χ3v) is 7.76. The summed E-state index contributed by atoms with van der Waals surface area (Å²) in [5.74, 6) is -0.741. The van der Waals surface area contributed by atoms with Crippen molar-refractivity contribution in [3.63, 3.8) is 0 Å². The molecule has 0 radical (unpaired) electrons. The number of carbonyl (C=O) groups is 2. The Kier molecular flexibility index (Phi) is 9.01. The zero-order chi connectivity index (χ0) is 24.9. The first-order chi connectivity index (χ1) is 16.0. The van der Waals surface area contributed by atoms with E-state index in [9.17, 15) is 18.0 Å². The smallest absolute Gasteiger partial charge is 0.244 e. The van der Waals surface area contributed by atoms with Crippen LogP contribution in [0, 0.1) is 0 Å². The van der Waals surface area contributed by atoms with Crippen molar-refractivity contribution in [2.45, 2.75) is 51.2 Å². The number of anilines is 1. The lowest BCUT2D eigenvalue weighted by Gasteiger charge is -2.32. The summed E-state index contributed by atoms with van der Waals surface area (Å²) < 4.78 is 26.9. The van der Waals surface area contributed by atoms with Crippen LogP contribution < -0.4 is 9.62 Å². The summed E-state index contributed by atoms with van der Waals surface area (Å²) in [5.41, 5.74) is 1.10. The van der Waals surface area contributed by atoms with E-state index in [1.807, 2.05) is 6.07 Å². The summed E-state index contributed by atoms with van der Waals surface area (Å²) in [6, 6.07) is 13.1. The highest BCUT2D eigenvalue weighted by Crippen LogP contribution is 2.23. The fourth-order valence-electron chi connectivity index (χ4n) is 4.05. The molecule has 0 saturated heterocycles. The van der Waals surface area contributed by atoms with Gasteiger partial charge in [0.15, 0.2) is 0 Å². The summed E-state index contributed by atoms with van der Waals surface area (Å²) >= 11 is 9.47. The van der Waals surface area contributed by atoms with Crippen LogP contribution in [0.1, 0.15) is 38.2 Å². The first-order valence-electron chi connectivity index (χ1n) is 11.1. The Bertz CT molecular complexity index is 1140. The highest BCUT2D eigenvalue weighted by atomic mass is 79.9. The molecule has 0 bridgehead atoms. The monoisotopic (exact) mass is 569 g/mol. The van der Waals surface area contributed by atoms with Gasteiger partial charge in [-0.1, -0.05) is 58.6 Å². The Labute approximate surface area is 214 Å². The maximum Gasteiger partial charge on any atom is 0.244 e. The minimum absolute atomic E-state index is 0.104. The number of nitrogens with zero attached hydrogens (tertiary/aromatic N) is 2. The van der Waals surface area contributed by atoms with Crippen molar-refractivity contribution in [2.75, 3.05) is 17.1 Å². The van der Waals surface area contributed by atoms with E-state index in [1.165, 1.54) is 4.90 Å². The molecule has 184 valence electrons. The second kappa shape index (κ2) is 11.6. The summed E-state index contributed by atoms with van der Waals surface area (Å²) in [5, 5.41) is 3.55. The lowest BCUT2D eigenvalue weighted by molar-refractivity contribution is -0.139. The number of rotatable bonds is 9. The molecule has 7 nitrogen and oxygen atoms in total. The van der Waals surface area contributed by atoms with Gasteiger partial charge in [0.1, 0.15) is 12.6 Å². The van der Waals surface area contributed by atoms with Crippen LogP contribution in [-0.2, 0) is 26.2 Å². The quantitative estimate of drug-likeness (QED) is 0.486. The van der Waals surface area contributed by atoms with Gasteiger partial charge >= 0.3 is 0 Å². The molecule has 1 atom stereocenters. The number of hydrogen-bond donors (Lipinski definition) is 1. The standard InChI is InChI=1S/C24H29BrClN3O4S/c1-17(24(31)27-21-10-3-4-11-21)28(15-18-7-5-9-20(26)13-18)23(30)16-29(34(2,32)33)22-12-6-8-19(25)14-22/h5-9,12-14,17,21H,3-4,10-11,15-16H2,1-2H3,(H,27,31)/t17-/m1/s1. The summed E-state index contributed by atoms with van der Waals surface area (Å²) in [6.45, 7) is 1.35. The molecule has 0 aliphatic heterocycles. The Morgan fingerprint density at radius 1 is 1.15 bits per heavy atom. The first kappa shape index (κ1) is 26.5. The van der Waals surface area contributed by atoms with Gasteiger partial charge in [-0.3, -0.25) is 13.9 Å². The van der Waals surface area contributed by atoms with E-state index in [0.717, 1.165) is 41.8 Å². The van der Waals surface area contributed by atoms with Crippen LogP contribution >= 0.6 is 27.5 Å². The number of amides is 2. The molecule has 1 aliphatic rings. The van der Waals surface area contributed by atoms with E-state index in [-0.39, 0.29) is 18.5 Å². The van der Waals surface area contributed by atoms with E-state index in [4.69, 9.17) is 11.6 Å². The Morgan fingerprint density at radius 2 is 1.82 bits per heavy atom. The van der Waals surface area contributed by atoms with Gasteiger partial charge in [-0.2, -0.15) is 0 Å². The molecular formula is C24H29BrClN3O4S. The molecule has 34 heavy (non-hydrogen) atoms. The largest absolute Gasteiger partial charge is 0.352 e. The lowest BCUT2D eigenvalue weighted by atomic mass is 10.1. The summed E-state index contributed by atoms with van der Waals surface area (Å²) in [6.07, 6.45) is 5.04. The predicted molar refractivity (Wildman–Crippen MR) is 138 cm³/mol. The van der Waals surface area contributed by atoms with Crippen molar-refractivity contribution in [3.05, 3.63) is 63.6 Å². The molecule has 10 heteroatoms. The Balaban J connectivity index is 1.88. The van der Waals surface area contributed by atoms with Crippen LogP contribution in [-0.4, -0.2) is 50.0 Å². The Hall–Kier alpha value is -2.10. The molecular weight excluding hydrogens is 542 g/mol. The van der Waals surface area contributed by atoms with Gasteiger partial charge in [0, 0.05) is 22.1 Å². The Morgan fingerprint density at radius 3 is 2.44 bits per heavy atom.